The minimum absolute atomic E-state index is 0.0757. The lowest BCUT2D eigenvalue weighted by molar-refractivity contribution is -0.0318. The lowest BCUT2D eigenvalue weighted by Crippen LogP contribution is -2.51. The van der Waals surface area contributed by atoms with Crippen molar-refractivity contribution >= 4 is 0 Å². The molecule has 0 amide bonds. The fourth-order valence-corrected chi connectivity index (χ4v) is 3.13. The monoisotopic (exact) mass is 344 g/mol. The lowest BCUT2D eigenvalue weighted by Gasteiger charge is -2.38. The zero-order chi connectivity index (χ0) is 17.6. The molecule has 0 radical (unpaired) electrons. The average molecular weight is 344 g/mol. The molecule has 0 unspecified atom stereocenters. The van der Waals surface area contributed by atoms with E-state index in [2.05, 4.69) is 30.6 Å². The van der Waals surface area contributed by atoms with Crippen LogP contribution in [0.1, 0.15) is 33.6 Å². The van der Waals surface area contributed by atoms with Crippen molar-refractivity contribution in [2.45, 2.75) is 51.9 Å². The molecule has 0 aromatic heterocycles. The molecule has 2 N–H and O–H groups in total. The number of β-amino-alcohol motifs (C(OH)–C–C–N with tert-alkyl or cyclic N) is 2. The van der Waals surface area contributed by atoms with Gasteiger partial charge in [-0.05, 0) is 18.3 Å². The molecule has 2 rings (SSSR count). The highest BCUT2D eigenvalue weighted by Gasteiger charge is 2.27. The lowest BCUT2D eigenvalue weighted by atomic mass is 9.89. The second-order valence-electron chi connectivity index (χ2n) is 8.31. The molecule has 0 aliphatic carbocycles. The van der Waals surface area contributed by atoms with Gasteiger partial charge in [-0.1, -0.05) is 20.8 Å². The van der Waals surface area contributed by atoms with E-state index in [1.54, 1.807) is 0 Å². The number of hydrogen-bond acceptors (Lipinski definition) is 6. The van der Waals surface area contributed by atoms with E-state index in [1.807, 2.05) is 0 Å². The summed E-state index contributed by atoms with van der Waals surface area (Å²) in [6, 6.07) is 0. The number of aliphatic hydroxyl groups excluding tert-OH is 2. The number of ether oxygens (including phenoxy) is 2. The molecule has 0 bridgehead atoms. The Morgan fingerprint density at radius 1 is 1.08 bits per heavy atom. The van der Waals surface area contributed by atoms with Gasteiger partial charge in [0.05, 0.1) is 31.5 Å². The van der Waals surface area contributed by atoms with Crippen LogP contribution in [0.2, 0.25) is 0 Å². The Morgan fingerprint density at radius 3 is 2.25 bits per heavy atom. The van der Waals surface area contributed by atoms with Crippen molar-refractivity contribution in [3.8, 4) is 0 Å². The molecular formula is C18H36N2O4. The summed E-state index contributed by atoms with van der Waals surface area (Å²) in [6.45, 7) is 13.1. The first-order valence-electron chi connectivity index (χ1n) is 9.35. The molecule has 0 spiro atoms. The largest absolute Gasteiger partial charge is 0.391 e. The summed E-state index contributed by atoms with van der Waals surface area (Å²) in [5, 5.41) is 20.3. The molecule has 2 heterocycles. The van der Waals surface area contributed by atoms with Crippen LogP contribution < -0.4 is 0 Å². The molecule has 0 saturated carbocycles. The van der Waals surface area contributed by atoms with Crippen molar-refractivity contribution in [1.82, 2.24) is 9.80 Å². The molecule has 2 aliphatic rings. The van der Waals surface area contributed by atoms with Crippen molar-refractivity contribution in [3.63, 3.8) is 0 Å². The fourth-order valence-electron chi connectivity index (χ4n) is 3.13. The average Bonchev–Trinajstić information content (AvgIpc) is 3.01. The summed E-state index contributed by atoms with van der Waals surface area (Å²) in [7, 11) is 0. The maximum atomic E-state index is 10.2. The minimum Gasteiger partial charge on any atom is -0.391 e. The summed E-state index contributed by atoms with van der Waals surface area (Å²) < 4.78 is 11.1. The second-order valence-corrected chi connectivity index (χ2v) is 8.31. The SMILES string of the molecule is CC(C)(C)[C@H](O)CN1CCN(C[C@@H](O)COC[C@@H]2CCCO2)CC1. The summed E-state index contributed by atoms with van der Waals surface area (Å²) in [6.07, 6.45) is 1.65. The third-order valence-electron chi connectivity index (χ3n) is 5.00. The van der Waals surface area contributed by atoms with Gasteiger partial charge in [0.25, 0.3) is 0 Å². The minimum atomic E-state index is -0.446. The third kappa shape index (κ3) is 6.94. The van der Waals surface area contributed by atoms with Gasteiger partial charge in [-0.15, -0.1) is 0 Å². The summed E-state index contributed by atoms with van der Waals surface area (Å²) in [4.78, 5) is 4.59. The molecular weight excluding hydrogens is 308 g/mol. The van der Waals surface area contributed by atoms with Crippen LogP contribution >= 0.6 is 0 Å². The fraction of sp³-hybridized carbons (Fsp3) is 1.00. The van der Waals surface area contributed by atoms with Gasteiger partial charge in [0.15, 0.2) is 0 Å². The highest BCUT2D eigenvalue weighted by Crippen LogP contribution is 2.20. The van der Waals surface area contributed by atoms with Gasteiger partial charge in [-0.25, -0.2) is 0 Å². The third-order valence-corrected chi connectivity index (χ3v) is 5.00. The maximum Gasteiger partial charge on any atom is 0.0900 e. The van der Waals surface area contributed by atoms with Gasteiger partial charge >= 0.3 is 0 Å². The zero-order valence-electron chi connectivity index (χ0n) is 15.6. The van der Waals surface area contributed by atoms with Crippen LogP contribution in [0.15, 0.2) is 0 Å². The number of aliphatic hydroxyl groups is 2. The van der Waals surface area contributed by atoms with Crippen LogP contribution in [0, 0.1) is 5.41 Å². The molecule has 6 heteroatoms. The van der Waals surface area contributed by atoms with E-state index < -0.39 is 6.10 Å². The predicted octanol–water partition coefficient (Wildman–Crippen LogP) is 0.568. The molecule has 0 aromatic rings. The molecule has 0 aromatic carbocycles. The normalized spacial score (nSPS) is 26.6. The van der Waals surface area contributed by atoms with Crippen LogP contribution in [0.25, 0.3) is 0 Å². The Balaban J connectivity index is 1.56. The zero-order valence-corrected chi connectivity index (χ0v) is 15.6. The van der Waals surface area contributed by atoms with Crippen molar-refractivity contribution < 1.29 is 19.7 Å². The summed E-state index contributed by atoms with van der Waals surface area (Å²) in [5.74, 6) is 0. The number of hydrogen-bond donors (Lipinski definition) is 2. The van der Waals surface area contributed by atoms with Gasteiger partial charge in [0, 0.05) is 45.9 Å². The Bertz CT molecular complexity index is 347. The quantitative estimate of drug-likeness (QED) is 0.671. The predicted molar refractivity (Wildman–Crippen MR) is 94.1 cm³/mol. The van der Waals surface area contributed by atoms with Gasteiger partial charge in [0.2, 0.25) is 0 Å². The molecule has 2 fully saturated rings. The van der Waals surface area contributed by atoms with Gasteiger partial charge < -0.3 is 19.7 Å². The van der Waals surface area contributed by atoms with E-state index in [0.29, 0.717) is 19.8 Å². The Kier molecular flexibility index (Phi) is 7.91. The highest BCUT2D eigenvalue weighted by atomic mass is 16.5. The second kappa shape index (κ2) is 9.46. The highest BCUT2D eigenvalue weighted by molar-refractivity contribution is 4.80. The Morgan fingerprint density at radius 2 is 1.71 bits per heavy atom. The molecule has 2 aliphatic heterocycles. The van der Waals surface area contributed by atoms with E-state index in [0.717, 1.165) is 52.2 Å². The van der Waals surface area contributed by atoms with Gasteiger partial charge in [-0.3, -0.25) is 9.80 Å². The van der Waals surface area contributed by atoms with E-state index in [9.17, 15) is 10.2 Å². The van der Waals surface area contributed by atoms with Crippen molar-refractivity contribution in [3.05, 3.63) is 0 Å². The van der Waals surface area contributed by atoms with E-state index >= 15 is 0 Å². The molecule has 142 valence electrons. The standard InChI is InChI=1S/C18H36N2O4/c1-18(2,3)17(22)12-20-8-6-19(7-9-20)11-15(21)13-23-14-16-5-4-10-24-16/h15-17,21-22H,4-14H2,1-3H3/t15-,16+,17-/m1/s1. The Labute approximate surface area is 146 Å². The van der Waals surface area contributed by atoms with Crippen LogP contribution in [-0.4, -0.2) is 97.4 Å². The molecule has 2 saturated heterocycles. The van der Waals surface area contributed by atoms with E-state index in [-0.39, 0.29) is 17.6 Å². The first kappa shape index (κ1) is 20.1. The maximum absolute atomic E-state index is 10.2. The first-order chi connectivity index (χ1) is 11.3. The summed E-state index contributed by atoms with van der Waals surface area (Å²) >= 11 is 0. The smallest absolute Gasteiger partial charge is 0.0900 e. The Hall–Kier alpha value is -0.240. The van der Waals surface area contributed by atoms with Crippen LogP contribution in [-0.2, 0) is 9.47 Å². The topological polar surface area (TPSA) is 65.4 Å². The van der Waals surface area contributed by atoms with Crippen molar-refractivity contribution in [2.75, 3.05) is 59.1 Å². The number of nitrogens with zero attached hydrogens (tertiary/aromatic N) is 2. The van der Waals surface area contributed by atoms with Crippen LogP contribution in [0.4, 0.5) is 0 Å². The molecule has 6 nitrogen and oxygen atoms in total. The van der Waals surface area contributed by atoms with Crippen molar-refractivity contribution in [1.29, 1.82) is 0 Å². The number of piperazine rings is 1. The summed E-state index contributed by atoms with van der Waals surface area (Å²) in [5.41, 5.74) is -0.0757. The number of rotatable bonds is 8. The molecule has 3 atom stereocenters. The van der Waals surface area contributed by atoms with E-state index in [4.69, 9.17) is 9.47 Å². The van der Waals surface area contributed by atoms with Gasteiger partial charge in [-0.2, -0.15) is 0 Å². The van der Waals surface area contributed by atoms with E-state index in [1.165, 1.54) is 0 Å². The molecule has 24 heavy (non-hydrogen) atoms. The van der Waals surface area contributed by atoms with Gasteiger partial charge in [0.1, 0.15) is 0 Å². The van der Waals surface area contributed by atoms with Crippen LogP contribution in [0.3, 0.4) is 0 Å². The first-order valence-corrected chi connectivity index (χ1v) is 9.35. The van der Waals surface area contributed by atoms with Crippen molar-refractivity contribution in [2.24, 2.45) is 5.41 Å². The van der Waals surface area contributed by atoms with Crippen LogP contribution in [0.5, 0.6) is 0 Å².